The van der Waals surface area contributed by atoms with Gasteiger partial charge in [0.2, 0.25) is 0 Å². The van der Waals surface area contributed by atoms with E-state index in [0.29, 0.717) is 0 Å². The number of aliphatic hydroxyl groups excluding tert-OH is 1. The molecule has 0 saturated heterocycles. The highest BCUT2D eigenvalue weighted by atomic mass is 16.5. The van der Waals surface area contributed by atoms with Crippen LogP contribution >= 0.6 is 0 Å². The monoisotopic (exact) mass is 248 g/mol. The molecule has 1 aliphatic rings. The molecule has 1 aromatic carbocycles. The largest absolute Gasteiger partial charge is 0.493 e. The predicted molar refractivity (Wildman–Crippen MR) is 73.8 cm³/mol. The first-order chi connectivity index (χ1) is 8.79. The van der Waals surface area contributed by atoms with Crippen molar-refractivity contribution in [1.29, 1.82) is 0 Å². The van der Waals surface area contributed by atoms with Crippen LogP contribution in [0.3, 0.4) is 0 Å². The zero-order valence-electron chi connectivity index (χ0n) is 11.3. The van der Waals surface area contributed by atoms with Crippen molar-refractivity contribution in [3.05, 3.63) is 29.8 Å². The number of ether oxygens (including phenoxy) is 1. The van der Waals surface area contributed by atoms with Crippen molar-refractivity contribution in [3.63, 3.8) is 0 Å². The summed E-state index contributed by atoms with van der Waals surface area (Å²) >= 11 is 0. The van der Waals surface area contributed by atoms with Gasteiger partial charge in [0, 0.05) is 0 Å². The SMILES string of the molecule is CCCC(O)c1cccc(OCC2CCCC2)c1. The molecule has 0 spiro atoms. The minimum absolute atomic E-state index is 0.356. The molecular weight excluding hydrogens is 224 g/mol. The second-order valence-corrected chi connectivity index (χ2v) is 5.34. The van der Waals surface area contributed by atoms with E-state index in [1.807, 2.05) is 24.3 Å². The highest BCUT2D eigenvalue weighted by Crippen LogP contribution is 2.27. The van der Waals surface area contributed by atoms with Crippen LogP contribution in [0.25, 0.3) is 0 Å². The Hall–Kier alpha value is -1.02. The van der Waals surface area contributed by atoms with Crippen LogP contribution in [-0.2, 0) is 0 Å². The summed E-state index contributed by atoms with van der Waals surface area (Å²) in [7, 11) is 0. The molecule has 1 unspecified atom stereocenters. The van der Waals surface area contributed by atoms with E-state index in [0.717, 1.165) is 36.7 Å². The fourth-order valence-electron chi connectivity index (χ4n) is 2.64. The molecule has 1 saturated carbocycles. The standard InChI is InChI=1S/C16H24O2/c1-2-6-16(17)14-9-5-10-15(11-14)18-12-13-7-3-4-8-13/h5,9-11,13,16-17H,2-4,6-8,12H2,1H3. The van der Waals surface area contributed by atoms with E-state index in [1.54, 1.807) is 0 Å². The first kappa shape index (κ1) is 13.4. The molecule has 0 aromatic heterocycles. The molecule has 1 aromatic rings. The van der Waals surface area contributed by atoms with E-state index in [2.05, 4.69) is 6.92 Å². The van der Waals surface area contributed by atoms with Gasteiger partial charge in [-0.15, -0.1) is 0 Å². The molecule has 0 heterocycles. The summed E-state index contributed by atoms with van der Waals surface area (Å²) in [6, 6.07) is 7.91. The van der Waals surface area contributed by atoms with Gasteiger partial charge in [0.15, 0.2) is 0 Å². The normalized spacial score (nSPS) is 17.9. The van der Waals surface area contributed by atoms with Crippen molar-refractivity contribution >= 4 is 0 Å². The van der Waals surface area contributed by atoms with Crippen molar-refractivity contribution in [3.8, 4) is 5.75 Å². The lowest BCUT2D eigenvalue weighted by Crippen LogP contribution is -2.08. The summed E-state index contributed by atoms with van der Waals surface area (Å²) in [5.74, 6) is 1.63. The Morgan fingerprint density at radius 2 is 2.11 bits per heavy atom. The van der Waals surface area contributed by atoms with Crippen molar-refractivity contribution in [2.24, 2.45) is 5.92 Å². The van der Waals surface area contributed by atoms with E-state index in [1.165, 1.54) is 25.7 Å². The summed E-state index contributed by atoms with van der Waals surface area (Å²) in [5, 5.41) is 9.97. The Bertz CT molecular complexity index is 356. The molecule has 0 radical (unpaired) electrons. The Labute approximate surface area is 110 Å². The third-order valence-electron chi connectivity index (χ3n) is 3.77. The van der Waals surface area contributed by atoms with Crippen LogP contribution in [0.4, 0.5) is 0 Å². The van der Waals surface area contributed by atoms with Crippen LogP contribution < -0.4 is 4.74 Å². The maximum Gasteiger partial charge on any atom is 0.119 e. The zero-order chi connectivity index (χ0) is 12.8. The van der Waals surface area contributed by atoms with Gasteiger partial charge in [0.1, 0.15) is 5.75 Å². The molecule has 0 aliphatic heterocycles. The molecule has 18 heavy (non-hydrogen) atoms. The van der Waals surface area contributed by atoms with Crippen LogP contribution in [0.2, 0.25) is 0 Å². The maximum absolute atomic E-state index is 9.97. The summed E-state index contributed by atoms with van der Waals surface area (Å²) in [6.45, 7) is 2.91. The molecule has 1 aliphatic carbocycles. The highest BCUT2D eigenvalue weighted by Gasteiger charge is 2.15. The molecule has 0 amide bonds. The highest BCUT2D eigenvalue weighted by molar-refractivity contribution is 5.29. The van der Waals surface area contributed by atoms with Gasteiger partial charge < -0.3 is 9.84 Å². The molecule has 100 valence electrons. The average molecular weight is 248 g/mol. The smallest absolute Gasteiger partial charge is 0.119 e. The first-order valence-corrected chi connectivity index (χ1v) is 7.20. The Morgan fingerprint density at radius 3 is 2.83 bits per heavy atom. The van der Waals surface area contributed by atoms with Crippen LogP contribution in [0, 0.1) is 5.92 Å². The van der Waals surface area contributed by atoms with Crippen LogP contribution in [0.1, 0.15) is 57.1 Å². The quantitative estimate of drug-likeness (QED) is 0.821. The third kappa shape index (κ3) is 3.74. The molecule has 1 atom stereocenters. The fraction of sp³-hybridized carbons (Fsp3) is 0.625. The summed E-state index contributed by atoms with van der Waals surface area (Å²) < 4.78 is 5.85. The maximum atomic E-state index is 9.97. The first-order valence-electron chi connectivity index (χ1n) is 7.20. The molecule has 0 bridgehead atoms. The molecule has 2 nitrogen and oxygen atoms in total. The number of hydrogen-bond acceptors (Lipinski definition) is 2. The van der Waals surface area contributed by atoms with Crippen molar-refractivity contribution in [2.75, 3.05) is 6.61 Å². The third-order valence-corrected chi connectivity index (χ3v) is 3.77. The predicted octanol–water partition coefficient (Wildman–Crippen LogP) is 4.09. The van der Waals surface area contributed by atoms with Gasteiger partial charge in [0.25, 0.3) is 0 Å². The van der Waals surface area contributed by atoms with Gasteiger partial charge in [-0.1, -0.05) is 38.3 Å². The van der Waals surface area contributed by atoms with Gasteiger partial charge >= 0.3 is 0 Å². The lowest BCUT2D eigenvalue weighted by atomic mass is 10.1. The van der Waals surface area contributed by atoms with Crippen molar-refractivity contribution < 1.29 is 9.84 Å². The topological polar surface area (TPSA) is 29.5 Å². The summed E-state index contributed by atoms with van der Waals surface area (Å²) in [6.07, 6.45) is 6.76. The average Bonchev–Trinajstić information content (AvgIpc) is 2.90. The Kier molecular flexibility index (Phi) is 5.06. The fourth-order valence-corrected chi connectivity index (χ4v) is 2.64. The summed E-state index contributed by atoms with van der Waals surface area (Å²) in [4.78, 5) is 0. The number of rotatable bonds is 6. The molecule has 2 rings (SSSR count). The van der Waals surface area contributed by atoms with Crippen molar-refractivity contribution in [2.45, 2.75) is 51.6 Å². The van der Waals surface area contributed by atoms with E-state index in [4.69, 9.17) is 4.74 Å². The molecule has 1 fully saturated rings. The Balaban J connectivity index is 1.89. The van der Waals surface area contributed by atoms with E-state index >= 15 is 0 Å². The van der Waals surface area contributed by atoms with Crippen LogP contribution in [-0.4, -0.2) is 11.7 Å². The number of benzene rings is 1. The van der Waals surface area contributed by atoms with Gasteiger partial charge in [-0.25, -0.2) is 0 Å². The zero-order valence-corrected chi connectivity index (χ0v) is 11.3. The number of hydrogen-bond donors (Lipinski definition) is 1. The lowest BCUT2D eigenvalue weighted by molar-refractivity contribution is 0.165. The van der Waals surface area contributed by atoms with E-state index in [-0.39, 0.29) is 6.10 Å². The molecule has 1 N–H and O–H groups in total. The van der Waals surface area contributed by atoms with Crippen LogP contribution in [0.15, 0.2) is 24.3 Å². The second-order valence-electron chi connectivity index (χ2n) is 5.34. The van der Waals surface area contributed by atoms with Gasteiger partial charge in [-0.05, 0) is 42.9 Å². The minimum atomic E-state index is -0.356. The Morgan fingerprint density at radius 1 is 1.33 bits per heavy atom. The molecular formula is C16H24O2. The van der Waals surface area contributed by atoms with Crippen molar-refractivity contribution in [1.82, 2.24) is 0 Å². The minimum Gasteiger partial charge on any atom is -0.493 e. The van der Waals surface area contributed by atoms with Gasteiger partial charge in [-0.2, -0.15) is 0 Å². The van der Waals surface area contributed by atoms with Gasteiger partial charge in [-0.3, -0.25) is 0 Å². The number of aliphatic hydroxyl groups is 1. The molecule has 2 heteroatoms. The van der Waals surface area contributed by atoms with Gasteiger partial charge in [0.05, 0.1) is 12.7 Å². The second kappa shape index (κ2) is 6.79. The van der Waals surface area contributed by atoms with E-state index in [9.17, 15) is 5.11 Å². The lowest BCUT2D eigenvalue weighted by Gasteiger charge is -2.14. The van der Waals surface area contributed by atoms with E-state index < -0.39 is 0 Å². The summed E-state index contributed by atoms with van der Waals surface area (Å²) in [5.41, 5.74) is 0.973. The van der Waals surface area contributed by atoms with Crippen LogP contribution in [0.5, 0.6) is 5.75 Å².